The average Bonchev–Trinajstić information content (AvgIpc) is 3.22. The standard InChI is InChI=1S/C28H29N5O2/c1-17-12-22-21(26(29)34)8-5-9-25(22)33(17)28-31-24-14-20-16-35-11-10-19(20)13-23(24)27(32-28)30-15-18-6-3-2-4-7-18/h2-9,12,19-20H,10-11,13-16H2,1H3,(H2,29,34)(H,30,31,32). The highest BCUT2D eigenvalue weighted by atomic mass is 16.5. The number of aryl methyl sites for hydroxylation is 1. The normalized spacial score (nSPS) is 19.2. The molecule has 4 aromatic rings. The molecular formula is C28H29N5O2. The third kappa shape index (κ3) is 3.96. The smallest absolute Gasteiger partial charge is 0.249 e. The first-order chi connectivity index (χ1) is 17.1. The molecule has 0 radical (unpaired) electrons. The van der Waals surface area contributed by atoms with Crippen LogP contribution in [-0.2, 0) is 24.1 Å². The number of hydrogen-bond donors (Lipinski definition) is 2. The zero-order chi connectivity index (χ0) is 23.9. The van der Waals surface area contributed by atoms with Crippen LogP contribution < -0.4 is 11.1 Å². The molecule has 2 aromatic carbocycles. The van der Waals surface area contributed by atoms with E-state index in [-0.39, 0.29) is 0 Å². The van der Waals surface area contributed by atoms with Crippen LogP contribution in [0.1, 0.15) is 39.3 Å². The predicted molar refractivity (Wildman–Crippen MR) is 136 cm³/mol. The quantitative estimate of drug-likeness (QED) is 0.459. The van der Waals surface area contributed by atoms with Crippen molar-refractivity contribution in [3.63, 3.8) is 0 Å². The van der Waals surface area contributed by atoms with E-state index in [9.17, 15) is 4.79 Å². The number of aromatic nitrogens is 3. The maximum Gasteiger partial charge on any atom is 0.249 e. The zero-order valence-corrected chi connectivity index (χ0v) is 19.8. The van der Waals surface area contributed by atoms with Gasteiger partial charge in [-0.25, -0.2) is 4.98 Å². The number of hydrogen-bond acceptors (Lipinski definition) is 5. The number of nitrogens with zero attached hydrogens (tertiary/aromatic N) is 3. The molecule has 0 saturated carbocycles. The highest BCUT2D eigenvalue weighted by Crippen LogP contribution is 2.38. The van der Waals surface area contributed by atoms with E-state index >= 15 is 0 Å². The summed E-state index contributed by atoms with van der Waals surface area (Å²) in [6.07, 6.45) is 2.94. The van der Waals surface area contributed by atoms with Gasteiger partial charge in [0, 0.05) is 35.4 Å². The van der Waals surface area contributed by atoms with Crippen molar-refractivity contribution in [2.45, 2.75) is 32.7 Å². The summed E-state index contributed by atoms with van der Waals surface area (Å²) in [5.74, 6) is 2.17. The lowest BCUT2D eigenvalue weighted by molar-refractivity contribution is 0.0126. The molecule has 7 nitrogen and oxygen atoms in total. The predicted octanol–water partition coefficient (Wildman–Crippen LogP) is 4.19. The molecule has 1 fully saturated rings. The minimum Gasteiger partial charge on any atom is -0.381 e. The molecule has 1 aliphatic heterocycles. The van der Waals surface area contributed by atoms with E-state index in [1.807, 2.05) is 35.8 Å². The fraction of sp³-hybridized carbons (Fsp3) is 0.321. The van der Waals surface area contributed by atoms with Crippen molar-refractivity contribution in [2.24, 2.45) is 17.6 Å². The van der Waals surface area contributed by atoms with Gasteiger partial charge in [-0.3, -0.25) is 9.36 Å². The third-order valence-electron chi connectivity index (χ3n) is 7.43. The van der Waals surface area contributed by atoms with Crippen LogP contribution in [-0.4, -0.2) is 33.7 Å². The van der Waals surface area contributed by atoms with E-state index in [0.29, 0.717) is 29.9 Å². The molecule has 35 heavy (non-hydrogen) atoms. The second kappa shape index (κ2) is 8.82. The van der Waals surface area contributed by atoms with E-state index in [2.05, 4.69) is 29.6 Å². The van der Waals surface area contributed by atoms with Gasteiger partial charge in [-0.2, -0.15) is 4.98 Å². The van der Waals surface area contributed by atoms with Crippen LogP contribution in [0.4, 0.5) is 5.82 Å². The number of anilines is 1. The molecule has 2 aromatic heterocycles. The van der Waals surface area contributed by atoms with Crippen molar-refractivity contribution >= 4 is 22.6 Å². The molecule has 2 aliphatic rings. The topological polar surface area (TPSA) is 95.1 Å². The summed E-state index contributed by atoms with van der Waals surface area (Å²) in [4.78, 5) is 22.2. The van der Waals surface area contributed by atoms with Gasteiger partial charge in [-0.1, -0.05) is 36.4 Å². The third-order valence-corrected chi connectivity index (χ3v) is 7.43. The number of ether oxygens (including phenoxy) is 1. The zero-order valence-electron chi connectivity index (χ0n) is 19.8. The number of amides is 1. The Morgan fingerprint density at radius 1 is 1.11 bits per heavy atom. The Morgan fingerprint density at radius 2 is 1.97 bits per heavy atom. The largest absolute Gasteiger partial charge is 0.381 e. The van der Waals surface area contributed by atoms with Gasteiger partial charge in [-0.15, -0.1) is 0 Å². The van der Waals surface area contributed by atoms with Crippen molar-refractivity contribution in [3.05, 3.63) is 82.7 Å². The van der Waals surface area contributed by atoms with Crippen molar-refractivity contribution in [2.75, 3.05) is 18.5 Å². The fourth-order valence-electron chi connectivity index (χ4n) is 5.62. The SMILES string of the molecule is Cc1cc2c(C(N)=O)cccc2n1-c1nc2c(c(NCc3ccccc3)n1)CC1CCOCC1C2. The monoisotopic (exact) mass is 467 g/mol. The van der Waals surface area contributed by atoms with E-state index in [0.717, 1.165) is 60.6 Å². The van der Waals surface area contributed by atoms with Crippen LogP contribution in [0.3, 0.4) is 0 Å². The molecule has 3 N–H and O–H groups in total. The molecule has 1 saturated heterocycles. The van der Waals surface area contributed by atoms with Gasteiger partial charge in [0.25, 0.3) is 0 Å². The van der Waals surface area contributed by atoms with Gasteiger partial charge >= 0.3 is 0 Å². The first-order valence-corrected chi connectivity index (χ1v) is 12.2. The number of fused-ring (bicyclic) bond motifs is 3. The van der Waals surface area contributed by atoms with Crippen LogP contribution in [0, 0.1) is 18.8 Å². The van der Waals surface area contributed by atoms with Gasteiger partial charge in [0.2, 0.25) is 11.9 Å². The average molecular weight is 468 g/mol. The highest BCUT2D eigenvalue weighted by Gasteiger charge is 2.34. The molecule has 6 rings (SSSR count). The van der Waals surface area contributed by atoms with Crippen LogP contribution in [0.2, 0.25) is 0 Å². The van der Waals surface area contributed by atoms with E-state index in [1.165, 1.54) is 11.1 Å². The molecular weight excluding hydrogens is 438 g/mol. The van der Waals surface area contributed by atoms with Crippen molar-refractivity contribution in [1.29, 1.82) is 0 Å². The second-order valence-corrected chi connectivity index (χ2v) is 9.65. The highest BCUT2D eigenvalue weighted by molar-refractivity contribution is 6.06. The lowest BCUT2D eigenvalue weighted by atomic mass is 9.75. The molecule has 3 heterocycles. The number of benzene rings is 2. The first kappa shape index (κ1) is 21.8. The van der Waals surface area contributed by atoms with Gasteiger partial charge in [0.05, 0.1) is 17.8 Å². The first-order valence-electron chi connectivity index (χ1n) is 12.2. The van der Waals surface area contributed by atoms with Gasteiger partial charge in [-0.05, 0) is 61.8 Å². The Morgan fingerprint density at radius 3 is 2.80 bits per heavy atom. The Balaban J connectivity index is 1.47. The fourth-order valence-corrected chi connectivity index (χ4v) is 5.62. The summed E-state index contributed by atoms with van der Waals surface area (Å²) in [6, 6.07) is 18.0. The van der Waals surface area contributed by atoms with E-state index < -0.39 is 5.91 Å². The summed E-state index contributed by atoms with van der Waals surface area (Å²) >= 11 is 0. The van der Waals surface area contributed by atoms with Crippen LogP contribution >= 0.6 is 0 Å². The number of carbonyl (C=O) groups excluding carboxylic acids is 1. The number of nitrogens with two attached hydrogens (primary N) is 1. The van der Waals surface area contributed by atoms with E-state index in [4.69, 9.17) is 20.4 Å². The summed E-state index contributed by atoms with van der Waals surface area (Å²) in [6.45, 7) is 4.33. The van der Waals surface area contributed by atoms with E-state index in [1.54, 1.807) is 6.07 Å². The van der Waals surface area contributed by atoms with Crippen molar-refractivity contribution in [1.82, 2.24) is 14.5 Å². The molecule has 7 heteroatoms. The Labute approximate surface area is 204 Å². The molecule has 178 valence electrons. The second-order valence-electron chi connectivity index (χ2n) is 9.65. The molecule has 2 unspecified atom stereocenters. The Bertz CT molecular complexity index is 1410. The number of primary amides is 1. The summed E-state index contributed by atoms with van der Waals surface area (Å²) in [7, 11) is 0. The molecule has 0 spiro atoms. The van der Waals surface area contributed by atoms with Gasteiger partial charge in [0.15, 0.2) is 0 Å². The molecule has 0 bridgehead atoms. The van der Waals surface area contributed by atoms with Crippen molar-refractivity contribution in [3.8, 4) is 5.95 Å². The molecule has 2 atom stereocenters. The number of nitrogens with one attached hydrogen (secondary N) is 1. The van der Waals surface area contributed by atoms with Crippen molar-refractivity contribution < 1.29 is 9.53 Å². The summed E-state index contributed by atoms with van der Waals surface area (Å²) < 4.78 is 7.82. The van der Waals surface area contributed by atoms with Crippen LogP contribution in [0.5, 0.6) is 0 Å². The Kier molecular flexibility index (Phi) is 5.49. The Hall–Kier alpha value is -3.71. The van der Waals surface area contributed by atoms with Crippen LogP contribution in [0.15, 0.2) is 54.6 Å². The lowest BCUT2D eigenvalue weighted by Gasteiger charge is -2.36. The summed E-state index contributed by atoms with van der Waals surface area (Å²) in [5.41, 5.74) is 11.5. The van der Waals surface area contributed by atoms with Crippen LogP contribution in [0.25, 0.3) is 16.9 Å². The number of rotatable bonds is 5. The minimum atomic E-state index is -0.437. The minimum absolute atomic E-state index is 0.437. The maximum absolute atomic E-state index is 12.0. The lowest BCUT2D eigenvalue weighted by Crippen LogP contribution is -2.35. The molecule has 1 aliphatic carbocycles. The molecule has 1 amide bonds. The summed E-state index contributed by atoms with van der Waals surface area (Å²) in [5, 5.41) is 4.43. The van der Waals surface area contributed by atoms with Gasteiger partial charge < -0.3 is 15.8 Å². The number of carbonyl (C=O) groups is 1. The maximum atomic E-state index is 12.0. The van der Waals surface area contributed by atoms with Gasteiger partial charge in [0.1, 0.15) is 5.82 Å².